The maximum Gasteiger partial charge on any atom is 0.0699 e. The Morgan fingerprint density at radius 1 is 1.24 bits per heavy atom. The molecule has 0 aliphatic carbocycles. The van der Waals surface area contributed by atoms with Crippen molar-refractivity contribution >= 4 is 0 Å². The average Bonchev–Trinajstić information content (AvgIpc) is 2.33. The number of unbranched alkanes of at least 4 members (excludes halogenated alkanes) is 3. The van der Waals surface area contributed by atoms with Gasteiger partial charge in [0, 0.05) is 12.6 Å². The summed E-state index contributed by atoms with van der Waals surface area (Å²) in [6.07, 6.45) is 9.74. The molecule has 2 heteroatoms. The molecule has 0 rings (SSSR count). The van der Waals surface area contributed by atoms with E-state index in [4.69, 9.17) is 4.74 Å². The summed E-state index contributed by atoms with van der Waals surface area (Å²) in [6.45, 7) is 12.1. The molecule has 0 radical (unpaired) electrons. The van der Waals surface area contributed by atoms with E-state index >= 15 is 0 Å². The molecule has 2 nitrogen and oxygen atoms in total. The molecule has 17 heavy (non-hydrogen) atoms. The Hall–Kier alpha value is -0.340. The van der Waals surface area contributed by atoms with Crippen LogP contribution in [0.15, 0.2) is 12.7 Å². The third-order valence-corrected chi connectivity index (χ3v) is 3.08. The van der Waals surface area contributed by atoms with Crippen molar-refractivity contribution in [2.75, 3.05) is 13.2 Å². The van der Waals surface area contributed by atoms with E-state index in [0.29, 0.717) is 12.1 Å². The summed E-state index contributed by atoms with van der Waals surface area (Å²) in [5.74, 6) is 0. The highest BCUT2D eigenvalue weighted by Gasteiger charge is 2.15. The highest BCUT2D eigenvalue weighted by molar-refractivity contribution is 4.74. The Morgan fingerprint density at radius 2 is 2.00 bits per heavy atom. The Bertz CT molecular complexity index is 170. The van der Waals surface area contributed by atoms with E-state index in [0.717, 1.165) is 19.6 Å². The lowest BCUT2D eigenvalue weighted by Gasteiger charge is -2.25. The normalized spacial score (nSPS) is 14.5. The van der Waals surface area contributed by atoms with Crippen LogP contribution in [0, 0.1) is 0 Å². The monoisotopic (exact) mass is 241 g/mol. The molecule has 0 aliphatic rings. The van der Waals surface area contributed by atoms with Gasteiger partial charge in [0.05, 0.1) is 6.10 Å². The largest absolute Gasteiger partial charge is 0.377 e. The molecular weight excluding hydrogens is 210 g/mol. The zero-order valence-electron chi connectivity index (χ0n) is 12.0. The zero-order chi connectivity index (χ0) is 12.9. The van der Waals surface area contributed by atoms with Gasteiger partial charge < -0.3 is 10.1 Å². The second kappa shape index (κ2) is 12.1. The fourth-order valence-corrected chi connectivity index (χ4v) is 2.04. The van der Waals surface area contributed by atoms with Gasteiger partial charge in [-0.05, 0) is 46.1 Å². The first-order valence-electron chi connectivity index (χ1n) is 7.22. The first-order chi connectivity index (χ1) is 8.26. The standard InChI is InChI=1S/C15H31NO/c1-5-8-9-10-11-12-15(16-13-6-2)14(4)17-7-3/h5,14-16H,1,6-13H2,2-4H3. The number of rotatable bonds is 12. The molecule has 0 amide bonds. The van der Waals surface area contributed by atoms with E-state index in [1.54, 1.807) is 0 Å². The molecule has 2 unspecified atom stereocenters. The molecular formula is C15H31NO. The van der Waals surface area contributed by atoms with Crippen LogP contribution < -0.4 is 5.32 Å². The molecule has 0 aromatic heterocycles. The van der Waals surface area contributed by atoms with Gasteiger partial charge in [-0.2, -0.15) is 0 Å². The van der Waals surface area contributed by atoms with E-state index < -0.39 is 0 Å². The minimum atomic E-state index is 0.325. The second-order valence-electron chi connectivity index (χ2n) is 4.65. The van der Waals surface area contributed by atoms with Crippen LogP contribution in [0.5, 0.6) is 0 Å². The van der Waals surface area contributed by atoms with Crippen LogP contribution in [0.3, 0.4) is 0 Å². The Kier molecular flexibility index (Phi) is 11.9. The fourth-order valence-electron chi connectivity index (χ4n) is 2.04. The summed E-state index contributed by atoms with van der Waals surface area (Å²) < 4.78 is 5.70. The van der Waals surface area contributed by atoms with Crippen LogP contribution in [-0.4, -0.2) is 25.3 Å². The molecule has 0 heterocycles. The summed E-state index contributed by atoms with van der Waals surface area (Å²) in [6, 6.07) is 0.513. The topological polar surface area (TPSA) is 21.3 Å². The zero-order valence-corrected chi connectivity index (χ0v) is 12.0. The van der Waals surface area contributed by atoms with E-state index in [-0.39, 0.29) is 0 Å². The Morgan fingerprint density at radius 3 is 2.59 bits per heavy atom. The Labute approximate surface area is 108 Å². The van der Waals surface area contributed by atoms with Crippen LogP contribution in [0.1, 0.15) is 59.3 Å². The van der Waals surface area contributed by atoms with Crippen molar-refractivity contribution < 1.29 is 4.74 Å². The van der Waals surface area contributed by atoms with Gasteiger partial charge in [-0.25, -0.2) is 0 Å². The van der Waals surface area contributed by atoms with Gasteiger partial charge in [0.15, 0.2) is 0 Å². The number of hydrogen-bond donors (Lipinski definition) is 1. The molecule has 0 fully saturated rings. The first kappa shape index (κ1) is 16.7. The van der Waals surface area contributed by atoms with Crippen LogP contribution >= 0.6 is 0 Å². The molecule has 1 N–H and O–H groups in total. The molecule has 0 aliphatic heterocycles. The van der Waals surface area contributed by atoms with Crippen LogP contribution in [0.4, 0.5) is 0 Å². The highest BCUT2D eigenvalue weighted by atomic mass is 16.5. The van der Waals surface area contributed by atoms with Crippen molar-refractivity contribution in [3.63, 3.8) is 0 Å². The summed E-state index contributed by atoms with van der Waals surface area (Å²) in [4.78, 5) is 0. The van der Waals surface area contributed by atoms with Crippen molar-refractivity contribution in [1.82, 2.24) is 5.32 Å². The summed E-state index contributed by atoms with van der Waals surface area (Å²) in [5, 5.41) is 3.60. The highest BCUT2D eigenvalue weighted by Crippen LogP contribution is 2.11. The molecule has 0 spiro atoms. The SMILES string of the molecule is C=CCCCCCC(NCCC)C(C)OCC. The van der Waals surface area contributed by atoms with Gasteiger partial charge in [-0.3, -0.25) is 0 Å². The number of allylic oxidation sites excluding steroid dienone is 1. The second-order valence-corrected chi connectivity index (χ2v) is 4.65. The average molecular weight is 241 g/mol. The minimum absolute atomic E-state index is 0.325. The third kappa shape index (κ3) is 9.37. The smallest absolute Gasteiger partial charge is 0.0699 e. The lowest BCUT2D eigenvalue weighted by molar-refractivity contribution is 0.0445. The van der Waals surface area contributed by atoms with E-state index in [2.05, 4.69) is 32.7 Å². The quantitative estimate of drug-likeness (QED) is 0.413. The van der Waals surface area contributed by atoms with Gasteiger partial charge in [0.1, 0.15) is 0 Å². The van der Waals surface area contributed by atoms with Crippen molar-refractivity contribution in [2.24, 2.45) is 0 Å². The van der Waals surface area contributed by atoms with Crippen LogP contribution in [0.25, 0.3) is 0 Å². The van der Waals surface area contributed by atoms with Gasteiger partial charge in [0.2, 0.25) is 0 Å². The molecule has 0 saturated carbocycles. The van der Waals surface area contributed by atoms with E-state index in [1.165, 1.54) is 32.1 Å². The maximum atomic E-state index is 5.70. The number of ether oxygens (including phenoxy) is 1. The van der Waals surface area contributed by atoms with Crippen molar-refractivity contribution in [1.29, 1.82) is 0 Å². The molecule has 0 saturated heterocycles. The van der Waals surface area contributed by atoms with Gasteiger partial charge in [-0.15, -0.1) is 6.58 Å². The number of hydrogen-bond acceptors (Lipinski definition) is 2. The number of nitrogens with one attached hydrogen (secondary N) is 1. The summed E-state index contributed by atoms with van der Waals surface area (Å²) in [7, 11) is 0. The van der Waals surface area contributed by atoms with Gasteiger partial charge in [-0.1, -0.05) is 25.8 Å². The van der Waals surface area contributed by atoms with Gasteiger partial charge >= 0.3 is 0 Å². The Balaban J connectivity index is 3.79. The van der Waals surface area contributed by atoms with Crippen molar-refractivity contribution in [3.8, 4) is 0 Å². The van der Waals surface area contributed by atoms with Crippen molar-refractivity contribution in [2.45, 2.75) is 71.4 Å². The van der Waals surface area contributed by atoms with Gasteiger partial charge in [0.25, 0.3) is 0 Å². The summed E-state index contributed by atoms with van der Waals surface area (Å²) in [5.41, 5.74) is 0. The molecule has 0 aromatic carbocycles. The molecule has 0 bridgehead atoms. The predicted molar refractivity (Wildman–Crippen MR) is 76.5 cm³/mol. The summed E-state index contributed by atoms with van der Waals surface area (Å²) >= 11 is 0. The maximum absolute atomic E-state index is 5.70. The molecule has 2 atom stereocenters. The molecule has 0 aromatic rings. The van der Waals surface area contributed by atoms with E-state index in [9.17, 15) is 0 Å². The lowest BCUT2D eigenvalue weighted by atomic mass is 10.0. The van der Waals surface area contributed by atoms with E-state index in [1.807, 2.05) is 6.08 Å². The predicted octanol–water partition coefficient (Wildman–Crippen LogP) is 3.92. The van der Waals surface area contributed by atoms with Crippen molar-refractivity contribution in [3.05, 3.63) is 12.7 Å². The van der Waals surface area contributed by atoms with Crippen LogP contribution in [0.2, 0.25) is 0 Å². The minimum Gasteiger partial charge on any atom is -0.377 e. The lowest BCUT2D eigenvalue weighted by Crippen LogP contribution is -2.40. The molecule has 102 valence electrons. The third-order valence-electron chi connectivity index (χ3n) is 3.08. The first-order valence-corrected chi connectivity index (χ1v) is 7.22. The fraction of sp³-hybridized carbons (Fsp3) is 0.867. The van der Waals surface area contributed by atoms with Crippen LogP contribution in [-0.2, 0) is 4.74 Å².